The van der Waals surface area contributed by atoms with Gasteiger partial charge in [-0.1, -0.05) is 12.1 Å². The van der Waals surface area contributed by atoms with E-state index in [0.717, 1.165) is 25.0 Å². The highest BCUT2D eigenvalue weighted by Gasteiger charge is 2.30. The molecule has 1 atom stereocenters. The summed E-state index contributed by atoms with van der Waals surface area (Å²) in [6.45, 7) is 3.39. The van der Waals surface area contributed by atoms with Crippen molar-refractivity contribution in [2.45, 2.75) is 25.4 Å². The number of ether oxygens (including phenoxy) is 3. The van der Waals surface area contributed by atoms with Gasteiger partial charge in [0.2, 0.25) is 5.91 Å². The van der Waals surface area contributed by atoms with E-state index in [4.69, 9.17) is 14.2 Å². The van der Waals surface area contributed by atoms with E-state index in [1.807, 2.05) is 23.1 Å². The van der Waals surface area contributed by atoms with Gasteiger partial charge < -0.3 is 19.1 Å². The minimum absolute atomic E-state index is 0.0552. The summed E-state index contributed by atoms with van der Waals surface area (Å²) in [5.74, 6) is 1.25. The Morgan fingerprint density at radius 3 is 2.91 bits per heavy atom. The highest BCUT2D eigenvalue weighted by molar-refractivity contribution is 5.79. The third kappa shape index (κ3) is 4.24. The van der Waals surface area contributed by atoms with Gasteiger partial charge in [0, 0.05) is 38.6 Å². The molecule has 0 aliphatic carbocycles. The molecule has 5 nitrogen and oxygen atoms in total. The number of rotatable bonds is 4. The number of carbonyl (C=O) groups excluding carboxylic acids is 1. The standard InChI is InChI=1S/C18H25NO4/c1-21-16-4-2-3-14(11-16)12-17-13-19(7-10-23-17)18(20)15-5-8-22-9-6-15/h2-4,11,15,17H,5-10,12-13H2,1H3. The van der Waals surface area contributed by atoms with Crippen LogP contribution >= 0.6 is 0 Å². The number of hydrogen-bond donors (Lipinski definition) is 0. The smallest absolute Gasteiger partial charge is 0.226 e. The molecule has 5 heteroatoms. The van der Waals surface area contributed by atoms with Crippen molar-refractivity contribution in [2.75, 3.05) is 40.0 Å². The van der Waals surface area contributed by atoms with Gasteiger partial charge in [0.1, 0.15) is 5.75 Å². The first kappa shape index (κ1) is 16.3. The van der Waals surface area contributed by atoms with Crippen LogP contribution in [0.4, 0.5) is 0 Å². The molecule has 2 fully saturated rings. The SMILES string of the molecule is COc1cccc(CC2CN(C(=O)C3CCOCC3)CCO2)c1. The van der Waals surface area contributed by atoms with Crippen LogP contribution in [0.5, 0.6) is 5.75 Å². The third-order valence-corrected chi connectivity index (χ3v) is 4.62. The predicted molar refractivity (Wildman–Crippen MR) is 86.6 cm³/mol. The number of carbonyl (C=O) groups is 1. The van der Waals surface area contributed by atoms with Gasteiger partial charge in [-0.05, 0) is 30.5 Å². The van der Waals surface area contributed by atoms with Gasteiger partial charge in [-0.15, -0.1) is 0 Å². The minimum atomic E-state index is 0.0552. The fraction of sp³-hybridized carbons (Fsp3) is 0.611. The van der Waals surface area contributed by atoms with Crippen molar-refractivity contribution in [1.82, 2.24) is 4.90 Å². The summed E-state index contributed by atoms with van der Waals surface area (Å²) >= 11 is 0. The first-order chi connectivity index (χ1) is 11.3. The molecule has 2 aliphatic rings. The van der Waals surface area contributed by atoms with Crippen LogP contribution in [0.3, 0.4) is 0 Å². The molecule has 126 valence electrons. The number of hydrogen-bond acceptors (Lipinski definition) is 4. The van der Waals surface area contributed by atoms with Crippen LogP contribution in [0.15, 0.2) is 24.3 Å². The van der Waals surface area contributed by atoms with Crippen LogP contribution in [0.2, 0.25) is 0 Å². The predicted octanol–water partition coefficient (Wildman–Crippen LogP) is 1.89. The Balaban J connectivity index is 1.58. The Kier molecular flexibility index (Phi) is 5.51. The van der Waals surface area contributed by atoms with E-state index in [1.165, 1.54) is 5.56 Å². The number of methoxy groups -OCH3 is 1. The zero-order valence-corrected chi connectivity index (χ0v) is 13.7. The van der Waals surface area contributed by atoms with Crippen molar-refractivity contribution in [3.8, 4) is 5.75 Å². The fourth-order valence-electron chi connectivity index (χ4n) is 3.31. The number of nitrogens with zero attached hydrogens (tertiary/aromatic N) is 1. The van der Waals surface area contributed by atoms with Crippen molar-refractivity contribution >= 4 is 5.91 Å². The van der Waals surface area contributed by atoms with Gasteiger partial charge in [-0.3, -0.25) is 4.79 Å². The quantitative estimate of drug-likeness (QED) is 0.850. The molecule has 0 aromatic heterocycles. The van der Waals surface area contributed by atoms with Gasteiger partial charge in [-0.2, -0.15) is 0 Å². The fourth-order valence-corrected chi connectivity index (χ4v) is 3.31. The summed E-state index contributed by atoms with van der Waals surface area (Å²) < 4.78 is 16.5. The molecule has 0 spiro atoms. The molecular formula is C18H25NO4. The van der Waals surface area contributed by atoms with Crippen molar-refractivity contribution < 1.29 is 19.0 Å². The maximum absolute atomic E-state index is 12.6. The molecule has 0 saturated carbocycles. The zero-order chi connectivity index (χ0) is 16.1. The molecule has 1 amide bonds. The normalized spacial score (nSPS) is 22.8. The second-order valence-corrected chi connectivity index (χ2v) is 6.22. The molecular weight excluding hydrogens is 294 g/mol. The van der Waals surface area contributed by atoms with Crippen LogP contribution in [-0.4, -0.2) is 56.9 Å². The Morgan fingerprint density at radius 2 is 2.13 bits per heavy atom. The Hall–Kier alpha value is -1.59. The summed E-state index contributed by atoms with van der Waals surface area (Å²) in [5.41, 5.74) is 1.18. The maximum Gasteiger partial charge on any atom is 0.226 e. The van der Waals surface area contributed by atoms with Crippen LogP contribution in [0.25, 0.3) is 0 Å². The lowest BCUT2D eigenvalue weighted by atomic mass is 9.97. The van der Waals surface area contributed by atoms with Gasteiger partial charge in [-0.25, -0.2) is 0 Å². The van der Waals surface area contributed by atoms with Crippen LogP contribution in [0.1, 0.15) is 18.4 Å². The van der Waals surface area contributed by atoms with Gasteiger partial charge in [0.25, 0.3) is 0 Å². The largest absolute Gasteiger partial charge is 0.497 e. The zero-order valence-electron chi connectivity index (χ0n) is 13.7. The lowest BCUT2D eigenvalue weighted by molar-refractivity contribution is -0.146. The van der Waals surface area contributed by atoms with Crippen LogP contribution in [-0.2, 0) is 20.7 Å². The summed E-state index contributed by atoms with van der Waals surface area (Å²) in [4.78, 5) is 14.6. The first-order valence-corrected chi connectivity index (χ1v) is 8.37. The van der Waals surface area contributed by atoms with Crippen LogP contribution in [0, 0.1) is 5.92 Å². The average molecular weight is 319 g/mol. The van der Waals surface area contributed by atoms with Crippen molar-refractivity contribution in [3.05, 3.63) is 29.8 Å². The molecule has 0 N–H and O–H groups in total. The second-order valence-electron chi connectivity index (χ2n) is 6.22. The van der Waals surface area contributed by atoms with Gasteiger partial charge in [0.15, 0.2) is 0 Å². The van der Waals surface area contributed by atoms with Gasteiger partial charge >= 0.3 is 0 Å². The Morgan fingerprint density at radius 1 is 1.30 bits per heavy atom. The molecule has 0 bridgehead atoms. The van der Waals surface area contributed by atoms with Crippen molar-refractivity contribution in [2.24, 2.45) is 5.92 Å². The first-order valence-electron chi connectivity index (χ1n) is 8.37. The summed E-state index contributed by atoms with van der Waals surface area (Å²) in [5, 5.41) is 0. The Bertz CT molecular complexity index is 528. The van der Waals surface area contributed by atoms with E-state index < -0.39 is 0 Å². The molecule has 2 aliphatic heterocycles. The Labute approximate surface area is 137 Å². The highest BCUT2D eigenvalue weighted by Crippen LogP contribution is 2.21. The molecule has 3 rings (SSSR count). The third-order valence-electron chi connectivity index (χ3n) is 4.62. The lowest BCUT2D eigenvalue weighted by Gasteiger charge is -2.36. The van der Waals surface area contributed by atoms with E-state index in [9.17, 15) is 4.79 Å². The second kappa shape index (κ2) is 7.79. The van der Waals surface area contributed by atoms with E-state index >= 15 is 0 Å². The number of benzene rings is 1. The monoisotopic (exact) mass is 319 g/mol. The number of amides is 1. The summed E-state index contributed by atoms with van der Waals surface area (Å²) in [6, 6.07) is 8.03. The van der Waals surface area contributed by atoms with E-state index in [1.54, 1.807) is 7.11 Å². The molecule has 1 aromatic carbocycles. The van der Waals surface area contributed by atoms with Crippen molar-refractivity contribution in [1.29, 1.82) is 0 Å². The summed E-state index contributed by atoms with van der Waals surface area (Å²) in [6.07, 6.45) is 2.54. The molecule has 1 aromatic rings. The molecule has 2 saturated heterocycles. The van der Waals surface area contributed by atoms with Crippen molar-refractivity contribution in [3.63, 3.8) is 0 Å². The van der Waals surface area contributed by atoms with E-state index in [2.05, 4.69) is 6.07 Å². The molecule has 0 radical (unpaired) electrons. The lowest BCUT2D eigenvalue weighted by Crippen LogP contribution is -2.49. The minimum Gasteiger partial charge on any atom is -0.497 e. The summed E-state index contributed by atoms with van der Waals surface area (Å²) in [7, 11) is 1.67. The molecule has 1 unspecified atom stereocenters. The molecule has 2 heterocycles. The highest BCUT2D eigenvalue weighted by atomic mass is 16.5. The molecule has 23 heavy (non-hydrogen) atoms. The van der Waals surface area contributed by atoms with E-state index in [0.29, 0.717) is 32.9 Å². The van der Waals surface area contributed by atoms with Crippen LogP contribution < -0.4 is 4.74 Å². The van der Waals surface area contributed by atoms with Gasteiger partial charge in [0.05, 0.1) is 19.8 Å². The maximum atomic E-state index is 12.6. The topological polar surface area (TPSA) is 48.0 Å². The average Bonchev–Trinajstić information content (AvgIpc) is 2.62. The number of morpholine rings is 1. The van der Waals surface area contributed by atoms with E-state index in [-0.39, 0.29) is 17.9 Å².